The first kappa shape index (κ1) is 19.4. The Morgan fingerprint density at radius 1 is 0.963 bits per heavy atom. The summed E-state index contributed by atoms with van der Waals surface area (Å²) >= 11 is 0. The standard InChI is InChI=1S/C19H22FNO5S/c1-24-17-7-8-18(25-2)19(13-17)27(22,23)21-11-9-16(10-12-21)26-15-5-3-14(20)4-6-15/h3-8,13,16H,9-12H2,1-2H3. The summed E-state index contributed by atoms with van der Waals surface area (Å²) in [6.07, 6.45) is 0.973. The van der Waals surface area contributed by atoms with Crippen molar-refractivity contribution in [3.63, 3.8) is 0 Å². The molecule has 1 saturated heterocycles. The van der Waals surface area contributed by atoms with Crippen LogP contribution in [0.5, 0.6) is 17.2 Å². The van der Waals surface area contributed by atoms with E-state index in [0.717, 1.165) is 0 Å². The number of benzene rings is 2. The molecule has 6 nitrogen and oxygen atoms in total. The zero-order valence-corrected chi connectivity index (χ0v) is 16.0. The van der Waals surface area contributed by atoms with E-state index < -0.39 is 10.0 Å². The van der Waals surface area contributed by atoms with E-state index in [1.807, 2.05) is 0 Å². The second-order valence-corrected chi connectivity index (χ2v) is 8.10. The number of methoxy groups -OCH3 is 2. The Morgan fingerprint density at radius 3 is 2.19 bits per heavy atom. The van der Waals surface area contributed by atoms with E-state index in [0.29, 0.717) is 37.4 Å². The predicted octanol–water partition coefficient (Wildman–Crippen LogP) is 3.08. The topological polar surface area (TPSA) is 65.1 Å². The highest BCUT2D eigenvalue weighted by molar-refractivity contribution is 7.89. The molecular weight excluding hydrogens is 373 g/mol. The van der Waals surface area contributed by atoms with Gasteiger partial charge in [-0.15, -0.1) is 0 Å². The van der Waals surface area contributed by atoms with Crippen LogP contribution in [0.4, 0.5) is 4.39 Å². The number of hydrogen-bond donors (Lipinski definition) is 0. The van der Waals surface area contributed by atoms with Gasteiger partial charge in [0.25, 0.3) is 0 Å². The fraction of sp³-hybridized carbons (Fsp3) is 0.368. The monoisotopic (exact) mass is 395 g/mol. The Labute approximate surface area is 158 Å². The molecule has 0 radical (unpaired) electrons. The van der Waals surface area contributed by atoms with Gasteiger partial charge in [0.2, 0.25) is 10.0 Å². The lowest BCUT2D eigenvalue weighted by atomic mass is 10.1. The van der Waals surface area contributed by atoms with Crippen LogP contribution in [0.25, 0.3) is 0 Å². The summed E-state index contributed by atoms with van der Waals surface area (Å²) < 4.78 is 56.7. The van der Waals surface area contributed by atoms with Crippen molar-refractivity contribution in [2.24, 2.45) is 0 Å². The van der Waals surface area contributed by atoms with Gasteiger partial charge < -0.3 is 14.2 Å². The van der Waals surface area contributed by atoms with Crippen LogP contribution in [0.1, 0.15) is 12.8 Å². The summed E-state index contributed by atoms with van der Waals surface area (Å²) in [4.78, 5) is 0.0854. The highest BCUT2D eigenvalue weighted by Gasteiger charge is 2.32. The van der Waals surface area contributed by atoms with Gasteiger partial charge in [-0.2, -0.15) is 4.31 Å². The molecule has 1 aliphatic heterocycles. The molecule has 0 saturated carbocycles. The fourth-order valence-electron chi connectivity index (χ4n) is 3.02. The molecule has 2 aromatic rings. The number of rotatable bonds is 6. The van der Waals surface area contributed by atoms with Crippen molar-refractivity contribution < 1.29 is 27.0 Å². The van der Waals surface area contributed by atoms with Crippen LogP contribution in [-0.4, -0.2) is 46.1 Å². The van der Waals surface area contributed by atoms with Crippen LogP contribution >= 0.6 is 0 Å². The van der Waals surface area contributed by atoms with Crippen LogP contribution in [0.15, 0.2) is 47.4 Å². The van der Waals surface area contributed by atoms with E-state index in [9.17, 15) is 12.8 Å². The Morgan fingerprint density at radius 2 is 1.59 bits per heavy atom. The van der Waals surface area contributed by atoms with Gasteiger partial charge in [-0.05, 0) is 49.2 Å². The molecule has 0 spiro atoms. The molecule has 0 aliphatic carbocycles. The van der Waals surface area contributed by atoms with Gasteiger partial charge in [0.1, 0.15) is 34.1 Å². The van der Waals surface area contributed by atoms with E-state index >= 15 is 0 Å². The molecule has 8 heteroatoms. The number of nitrogens with zero attached hydrogens (tertiary/aromatic N) is 1. The number of ether oxygens (including phenoxy) is 3. The highest BCUT2D eigenvalue weighted by atomic mass is 32.2. The van der Waals surface area contributed by atoms with Gasteiger partial charge in [-0.3, -0.25) is 0 Å². The van der Waals surface area contributed by atoms with Crippen molar-refractivity contribution in [2.75, 3.05) is 27.3 Å². The van der Waals surface area contributed by atoms with Crippen LogP contribution in [0.3, 0.4) is 0 Å². The van der Waals surface area contributed by atoms with Crippen molar-refractivity contribution in [1.29, 1.82) is 0 Å². The molecule has 0 aromatic heterocycles. The third-order valence-electron chi connectivity index (χ3n) is 4.51. The molecule has 0 unspecified atom stereocenters. The summed E-state index contributed by atoms with van der Waals surface area (Å²) in [5.41, 5.74) is 0. The molecule has 27 heavy (non-hydrogen) atoms. The second kappa shape index (κ2) is 8.14. The maximum absolute atomic E-state index is 13.0. The molecule has 2 aromatic carbocycles. The van der Waals surface area contributed by atoms with Gasteiger partial charge in [0.15, 0.2) is 0 Å². The molecule has 1 aliphatic rings. The van der Waals surface area contributed by atoms with Gasteiger partial charge in [-0.1, -0.05) is 0 Å². The van der Waals surface area contributed by atoms with Crippen LogP contribution in [0, 0.1) is 5.82 Å². The van der Waals surface area contributed by atoms with E-state index in [1.54, 1.807) is 24.3 Å². The molecule has 1 heterocycles. The highest BCUT2D eigenvalue weighted by Crippen LogP contribution is 2.32. The average Bonchev–Trinajstić information content (AvgIpc) is 2.69. The summed E-state index contributed by atoms with van der Waals surface area (Å²) in [6, 6.07) is 10.5. The smallest absolute Gasteiger partial charge is 0.246 e. The Hall–Kier alpha value is -2.32. The SMILES string of the molecule is COc1ccc(OC)c(S(=O)(=O)N2CCC(Oc3ccc(F)cc3)CC2)c1. The third kappa shape index (κ3) is 4.33. The molecule has 0 bridgehead atoms. The van der Waals surface area contributed by atoms with Crippen molar-refractivity contribution in [1.82, 2.24) is 4.31 Å². The van der Waals surface area contributed by atoms with E-state index in [1.165, 1.54) is 36.7 Å². The maximum atomic E-state index is 13.0. The number of sulfonamides is 1. The van der Waals surface area contributed by atoms with E-state index in [-0.39, 0.29) is 22.6 Å². The van der Waals surface area contributed by atoms with Crippen LogP contribution in [0.2, 0.25) is 0 Å². The zero-order valence-electron chi connectivity index (χ0n) is 15.2. The van der Waals surface area contributed by atoms with Crippen molar-refractivity contribution in [2.45, 2.75) is 23.8 Å². The van der Waals surface area contributed by atoms with Crippen LogP contribution < -0.4 is 14.2 Å². The zero-order chi connectivity index (χ0) is 19.4. The van der Waals surface area contributed by atoms with Crippen molar-refractivity contribution >= 4 is 10.0 Å². The number of piperidine rings is 1. The van der Waals surface area contributed by atoms with Crippen molar-refractivity contribution in [3.05, 3.63) is 48.3 Å². The van der Waals surface area contributed by atoms with Crippen LogP contribution in [-0.2, 0) is 10.0 Å². The predicted molar refractivity (Wildman–Crippen MR) is 98.4 cm³/mol. The number of hydrogen-bond acceptors (Lipinski definition) is 5. The summed E-state index contributed by atoms with van der Waals surface area (Å²) in [5, 5.41) is 0. The van der Waals surface area contributed by atoms with Gasteiger partial charge in [0, 0.05) is 19.2 Å². The first-order valence-electron chi connectivity index (χ1n) is 8.58. The molecule has 3 rings (SSSR count). The van der Waals surface area contributed by atoms with Gasteiger partial charge >= 0.3 is 0 Å². The molecular formula is C19H22FNO5S. The minimum Gasteiger partial charge on any atom is -0.497 e. The molecule has 146 valence electrons. The first-order valence-corrected chi connectivity index (χ1v) is 10.0. The molecule has 0 N–H and O–H groups in total. The summed E-state index contributed by atoms with van der Waals surface area (Å²) in [5.74, 6) is 0.979. The second-order valence-electron chi connectivity index (χ2n) is 6.19. The fourth-order valence-corrected chi connectivity index (χ4v) is 4.66. The Balaban J connectivity index is 1.70. The minimum absolute atomic E-state index is 0.0854. The minimum atomic E-state index is -3.72. The third-order valence-corrected chi connectivity index (χ3v) is 6.43. The number of halogens is 1. The van der Waals surface area contributed by atoms with E-state index in [4.69, 9.17) is 14.2 Å². The van der Waals surface area contributed by atoms with E-state index in [2.05, 4.69) is 0 Å². The largest absolute Gasteiger partial charge is 0.497 e. The van der Waals surface area contributed by atoms with Gasteiger partial charge in [0.05, 0.1) is 14.2 Å². The van der Waals surface area contributed by atoms with Crippen molar-refractivity contribution in [3.8, 4) is 17.2 Å². The first-order chi connectivity index (χ1) is 12.9. The summed E-state index contributed by atoms with van der Waals surface area (Å²) in [7, 11) is -0.799. The quantitative estimate of drug-likeness (QED) is 0.752. The normalized spacial score (nSPS) is 16.1. The lowest BCUT2D eigenvalue weighted by molar-refractivity contribution is 0.135. The lowest BCUT2D eigenvalue weighted by Gasteiger charge is -2.31. The maximum Gasteiger partial charge on any atom is 0.246 e. The molecule has 0 atom stereocenters. The Kier molecular flexibility index (Phi) is 5.86. The molecule has 0 amide bonds. The lowest BCUT2D eigenvalue weighted by Crippen LogP contribution is -2.41. The Bertz CT molecular complexity index is 877. The average molecular weight is 395 g/mol. The van der Waals surface area contributed by atoms with Gasteiger partial charge in [-0.25, -0.2) is 12.8 Å². The molecule has 1 fully saturated rings. The summed E-state index contributed by atoms with van der Waals surface area (Å²) in [6.45, 7) is 0.656.